The Bertz CT molecular complexity index is 1060. The van der Waals surface area contributed by atoms with Gasteiger partial charge in [0.25, 0.3) is 0 Å². The number of nitrogens with one attached hydrogen (secondary N) is 2. The summed E-state index contributed by atoms with van der Waals surface area (Å²) in [5.41, 5.74) is 1.91. The number of fused-ring (bicyclic) bond motifs is 1. The van der Waals surface area contributed by atoms with Gasteiger partial charge in [-0.3, -0.25) is 4.79 Å². The minimum absolute atomic E-state index is 0.0425. The van der Waals surface area contributed by atoms with Crippen LogP contribution < -0.4 is 15.4 Å². The predicted molar refractivity (Wildman–Crippen MR) is 112 cm³/mol. The molecule has 0 spiro atoms. The first-order chi connectivity index (χ1) is 13.7. The Hall–Kier alpha value is -3.41. The first kappa shape index (κ1) is 18.0. The number of methoxy groups -OCH3 is 1. The van der Waals surface area contributed by atoms with E-state index >= 15 is 0 Å². The smallest absolute Gasteiger partial charge is 0.228 e. The number of para-hydroxylation sites is 1. The topological polar surface area (TPSA) is 76.1 Å². The molecule has 4 rings (SSSR count). The molecule has 0 atom stereocenters. The molecule has 2 aromatic heterocycles. The number of aromatic nitrogens is 2. The van der Waals surface area contributed by atoms with Gasteiger partial charge >= 0.3 is 0 Å². The van der Waals surface area contributed by atoms with E-state index in [1.54, 1.807) is 13.3 Å². The summed E-state index contributed by atoms with van der Waals surface area (Å²) in [5.74, 6) is 2.29. The van der Waals surface area contributed by atoms with Crippen LogP contribution in [0.4, 0.5) is 11.6 Å². The standard InChI is InChI=1S/C22H22N4O2/c1-23-21-18-13-24-20(26-22(27)15-8-9-15)11-17(18)16(12-25-21)10-7-14-5-3-4-6-19(14)28-2/h3-7,10-13,15H,8-9H2,1-2H3,(H,23,25)(H,24,26,27). The summed E-state index contributed by atoms with van der Waals surface area (Å²) in [6, 6.07) is 9.73. The molecule has 1 fully saturated rings. The lowest BCUT2D eigenvalue weighted by molar-refractivity contribution is -0.117. The van der Waals surface area contributed by atoms with Crippen molar-refractivity contribution in [2.24, 2.45) is 5.92 Å². The zero-order valence-electron chi connectivity index (χ0n) is 15.9. The summed E-state index contributed by atoms with van der Waals surface area (Å²) >= 11 is 0. The SMILES string of the molecule is CNc1ncc(C=Cc2ccccc2OC)c2cc(NC(=O)C3CC3)ncc12. The van der Waals surface area contributed by atoms with E-state index in [0.717, 1.165) is 46.3 Å². The average Bonchev–Trinajstić information content (AvgIpc) is 3.57. The maximum atomic E-state index is 12.1. The highest BCUT2D eigenvalue weighted by Gasteiger charge is 2.29. The summed E-state index contributed by atoms with van der Waals surface area (Å²) in [7, 11) is 3.49. The zero-order valence-corrected chi connectivity index (χ0v) is 15.9. The maximum absolute atomic E-state index is 12.1. The molecule has 6 heteroatoms. The summed E-state index contributed by atoms with van der Waals surface area (Å²) in [6.45, 7) is 0. The molecule has 6 nitrogen and oxygen atoms in total. The minimum atomic E-state index is 0.0425. The number of anilines is 2. The number of carbonyl (C=O) groups is 1. The molecule has 1 aliphatic carbocycles. The number of amides is 1. The van der Waals surface area contributed by atoms with Crippen molar-refractivity contribution >= 4 is 40.5 Å². The van der Waals surface area contributed by atoms with Gasteiger partial charge in [0.15, 0.2) is 0 Å². The Kier molecular flexibility index (Phi) is 4.93. The first-order valence-electron chi connectivity index (χ1n) is 9.28. The molecule has 3 aromatic rings. The van der Waals surface area contributed by atoms with Crippen molar-refractivity contribution in [1.82, 2.24) is 9.97 Å². The van der Waals surface area contributed by atoms with Crippen molar-refractivity contribution in [1.29, 1.82) is 0 Å². The van der Waals surface area contributed by atoms with Crippen LogP contribution in [0.25, 0.3) is 22.9 Å². The molecule has 1 saturated carbocycles. The number of rotatable bonds is 6. The Labute approximate surface area is 163 Å². The molecule has 28 heavy (non-hydrogen) atoms. The zero-order chi connectivity index (χ0) is 19.5. The third-order valence-electron chi connectivity index (χ3n) is 4.82. The molecule has 2 heterocycles. The van der Waals surface area contributed by atoms with Gasteiger partial charge in [-0.05, 0) is 30.4 Å². The molecule has 1 aromatic carbocycles. The minimum Gasteiger partial charge on any atom is -0.496 e. The van der Waals surface area contributed by atoms with E-state index in [4.69, 9.17) is 4.74 Å². The van der Waals surface area contributed by atoms with E-state index in [-0.39, 0.29) is 11.8 Å². The fourth-order valence-electron chi connectivity index (χ4n) is 3.11. The highest BCUT2D eigenvalue weighted by atomic mass is 16.5. The number of nitrogens with zero attached hydrogens (tertiary/aromatic N) is 2. The van der Waals surface area contributed by atoms with Crippen LogP contribution in [-0.4, -0.2) is 30.0 Å². The number of ether oxygens (including phenoxy) is 1. The lowest BCUT2D eigenvalue weighted by Gasteiger charge is -2.10. The number of carbonyl (C=O) groups excluding carboxylic acids is 1. The molecule has 0 radical (unpaired) electrons. The molecule has 1 amide bonds. The third-order valence-corrected chi connectivity index (χ3v) is 4.82. The fourth-order valence-corrected chi connectivity index (χ4v) is 3.11. The van der Waals surface area contributed by atoms with E-state index in [1.165, 1.54) is 0 Å². The summed E-state index contributed by atoms with van der Waals surface area (Å²) in [5, 5.41) is 7.87. The van der Waals surface area contributed by atoms with Crippen molar-refractivity contribution in [3.05, 3.63) is 53.9 Å². The van der Waals surface area contributed by atoms with E-state index in [1.807, 2.05) is 55.7 Å². The lowest BCUT2D eigenvalue weighted by atomic mass is 10.1. The van der Waals surface area contributed by atoms with Crippen LogP contribution in [0.3, 0.4) is 0 Å². The van der Waals surface area contributed by atoms with E-state index in [2.05, 4.69) is 20.6 Å². The third kappa shape index (κ3) is 3.67. The van der Waals surface area contributed by atoms with Crippen LogP contribution in [0.2, 0.25) is 0 Å². The van der Waals surface area contributed by atoms with Gasteiger partial charge in [0.05, 0.1) is 7.11 Å². The van der Waals surface area contributed by atoms with Gasteiger partial charge in [0.1, 0.15) is 17.4 Å². The van der Waals surface area contributed by atoms with Crippen molar-refractivity contribution in [3.8, 4) is 5.75 Å². The summed E-state index contributed by atoms with van der Waals surface area (Å²) in [4.78, 5) is 21.0. The van der Waals surface area contributed by atoms with Crippen LogP contribution in [0.1, 0.15) is 24.0 Å². The number of pyridine rings is 2. The van der Waals surface area contributed by atoms with E-state index in [0.29, 0.717) is 5.82 Å². The molecule has 0 aliphatic heterocycles. The summed E-state index contributed by atoms with van der Waals surface area (Å²) < 4.78 is 5.41. The van der Waals surface area contributed by atoms with Crippen LogP contribution in [0.15, 0.2) is 42.7 Å². The number of hydrogen-bond donors (Lipinski definition) is 2. The Balaban J connectivity index is 1.73. The normalized spacial score (nSPS) is 13.6. The highest BCUT2D eigenvalue weighted by Crippen LogP contribution is 2.31. The van der Waals surface area contributed by atoms with Crippen LogP contribution in [-0.2, 0) is 4.79 Å². The Morgan fingerprint density at radius 3 is 2.64 bits per heavy atom. The van der Waals surface area contributed by atoms with Crippen molar-refractivity contribution in [3.63, 3.8) is 0 Å². The fraction of sp³-hybridized carbons (Fsp3) is 0.227. The quantitative estimate of drug-likeness (QED) is 0.676. The first-order valence-corrected chi connectivity index (χ1v) is 9.28. The second-order valence-corrected chi connectivity index (χ2v) is 6.77. The van der Waals surface area contributed by atoms with Gasteiger partial charge in [-0.25, -0.2) is 9.97 Å². The van der Waals surface area contributed by atoms with E-state index in [9.17, 15) is 4.79 Å². The molecule has 0 bridgehead atoms. The second kappa shape index (κ2) is 7.68. The van der Waals surface area contributed by atoms with Gasteiger partial charge < -0.3 is 15.4 Å². The summed E-state index contributed by atoms with van der Waals surface area (Å²) in [6.07, 6.45) is 9.47. The van der Waals surface area contributed by atoms with Crippen LogP contribution >= 0.6 is 0 Å². The molecule has 1 aliphatic rings. The van der Waals surface area contributed by atoms with Gasteiger partial charge in [0.2, 0.25) is 5.91 Å². The maximum Gasteiger partial charge on any atom is 0.228 e. The number of hydrogen-bond acceptors (Lipinski definition) is 5. The monoisotopic (exact) mass is 374 g/mol. The van der Waals surface area contributed by atoms with Crippen molar-refractivity contribution < 1.29 is 9.53 Å². The van der Waals surface area contributed by atoms with Crippen molar-refractivity contribution in [2.45, 2.75) is 12.8 Å². The molecular weight excluding hydrogens is 352 g/mol. The molecular formula is C22H22N4O2. The molecule has 2 N–H and O–H groups in total. The highest BCUT2D eigenvalue weighted by molar-refractivity contribution is 6.01. The lowest BCUT2D eigenvalue weighted by Crippen LogP contribution is -2.14. The van der Waals surface area contributed by atoms with Crippen LogP contribution in [0, 0.1) is 5.92 Å². The average molecular weight is 374 g/mol. The van der Waals surface area contributed by atoms with Gasteiger partial charge in [-0.15, -0.1) is 0 Å². The van der Waals surface area contributed by atoms with Crippen LogP contribution in [0.5, 0.6) is 5.75 Å². The second-order valence-electron chi connectivity index (χ2n) is 6.77. The van der Waals surface area contributed by atoms with E-state index < -0.39 is 0 Å². The molecule has 0 unspecified atom stereocenters. The predicted octanol–water partition coefficient (Wildman–Crippen LogP) is 4.20. The van der Waals surface area contributed by atoms with Gasteiger partial charge in [-0.2, -0.15) is 0 Å². The Morgan fingerprint density at radius 1 is 1.11 bits per heavy atom. The molecule has 0 saturated heterocycles. The largest absolute Gasteiger partial charge is 0.496 e. The van der Waals surface area contributed by atoms with Crippen molar-refractivity contribution in [2.75, 3.05) is 24.8 Å². The number of benzene rings is 1. The van der Waals surface area contributed by atoms with Gasteiger partial charge in [0, 0.05) is 41.9 Å². The van der Waals surface area contributed by atoms with Gasteiger partial charge in [-0.1, -0.05) is 30.4 Å². The molecule has 142 valence electrons. The Morgan fingerprint density at radius 2 is 1.89 bits per heavy atom.